The van der Waals surface area contributed by atoms with E-state index < -0.39 is 0 Å². The van der Waals surface area contributed by atoms with Gasteiger partial charge in [-0.2, -0.15) is 5.10 Å². The Morgan fingerprint density at radius 3 is 2.40 bits per heavy atom. The average Bonchev–Trinajstić information content (AvgIpc) is 3.25. The van der Waals surface area contributed by atoms with Gasteiger partial charge in [-0.05, 0) is 49.2 Å². The highest BCUT2D eigenvalue weighted by Crippen LogP contribution is 2.26. The number of rotatable bonds is 9. The van der Waals surface area contributed by atoms with E-state index in [2.05, 4.69) is 15.2 Å². The van der Waals surface area contributed by atoms with Crippen molar-refractivity contribution in [3.8, 4) is 22.7 Å². The van der Waals surface area contributed by atoms with Crippen LogP contribution in [0.4, 0.5) is 0 Å². The van der Waals surface area contributed by atoms with Crippen LogP contribution in [0.3, 0.4) is 0 Å². The van der Waals surface area contributed by atoms with E-state index in [1.807, 2.05) is 54.6 Å². The van der Waals surface area contributed by atoms with Crippen molar-refractivity contribution in [1.29, 1.82) is 0 Å². The zero-order valence-electron chi connectivity index (χ0n) is 17.1. The van der Waals surface area contributed by atoms with Crippen molar-refractivity contribution >= 4 is 11.9 Å². The number of hydrogen-bond acceptors (Lipinski definition) is 5. The molecule has 0 radical (unpaired) electrons. The SMILES string of the molecule is COC(=O)CCCCNC(=O)c1cn(-c2ccccc2)nc1-c1ccc(OC)cc1. The first kappa shape index (κ1) is 21.1. The van der Waals surface area contributed by atoms with Crippen LogP contribution in [0.15, 0.2) is 60.8 Å². The van der Waals surface area contributed by atoms with Gasteiger partial charge in [0, 0.05) is 24.7 Å². The van der Waals surface area contributed by atoms with Crippen LogP contribution in [-0.2, 0) is 9.53 Å². The zero-order chi connectivity index (χ0) is 21.3. The van der Waals surface area contributed by atoms with Gasteiger partial charge in [0.1, 0.15) is 11.4 Å². The molecule has 3 rings (SSSR count). The topological polar surface area (TPSA) is 82.5 Å². The molecule has 156 valence electrons. The molecule has 0 atom stereocenters. The van der Waals surface area contributed by atoms with Crippen molar-refractivity contribution in [2.24, 2.45) is 0 Å². The summed E-state index contributed by atoms with van der Waals surface area (Å²) in [6.45, 7) is 0.467. The summed E-state index contributed by atoms with van der Waals surface area (Å²) in [5.74, 6) is 0.283. The number of unbranched alkanes of at least 4 members (excludes halogenated alkanes) is 1. The molecule has 0 spiro atoms. The van der Waals surface area contributed by atoms with Gasteiger partial charge in [-0.1, -0.05) is 18.2 Å². The van der Waals surface area contributed by atoms with Crippen molar-refractivity contribution in [2.75, 3.05) is 20.8 Å². The Labute approximate surface area is 175 Å². The first-order valence-corrected chi connectivity index (χ1v) is 9.77. The zero-order valence-corrected chi connectivity index (χ0v) is 17.1. The second kappa shape index (κ2) is 10.2. The molecule has 30 heavy (non-hydrogen) atoms. The number of nitrogens with zero attached hydrogens (tertiary/aromatic N) is 2. The number of aromatic nitrogens is 2. The molecule has 0 fully saturated rings. The van der Waals surface area contributed by atoms with Gasteiger partial charge in [0.15, 0.2) is 0 Å². The number of nitrogens with one attached hydrogen (secondary N) is 1. The number of esters is 1. The number of amides is 1. The summed E-state index contributed by atoms with van der Waals surface area (Å²) < 4.78 is 11.5. The van der Waals surface area contributed by atoms with Crippen molar-refractivity contribution in [2.45, 2.75) is 19.3 Å². The Kier molecular flexibility index (Phi) is 7.21. The van der Waals surface area contributed by atoms with E-state index in [1.54, 1.807) is 18.0 Å². The number of benzene rings is 2. The molecular weight excluding hydrogens is 382 g/mol. The number of carbonyl (C=O) groups is 2. The Hall–Kier alpha value is -3.61. The number of methoxy groups -OCH3 is 2. The highest BCUT2D eigenvalue weighted by molar-refractivity contribution is 6.00. The van der Waals surface area contributed by atoms with Crippen LogP contribution in [0.25, 0.3) is 16.9 Å². The molecule has 7 heteroatoms. The van der Waals surface area contributed by atoms with E-state index in [9.17, 15) is 9.59 Å². The maximum absolute atomic E-state index is 12.9. The van der Waals surface area contributed by atoms with Crippen molar-refractivity contribution in [3.05, 3.63) is 66.4 Å². The van der Waals surface area contributed by atoms with E-state index in [0.717, 1.165) is 17.0 Å². The minimum Gasteiger partial charge on any atom is -0.497 e. The van der Waals surface area contributed by atoms with Crippen LogP contribution in [-0.4, -0.2) is 42.4 Å². The molecule has 1 N–H and O–H groups in total. The molecule has 0 saturated heterocycles. The van der Waals surface area contributed by atoms with E-state index >= 15 is 0 Å². The van der Waals surface area contributed by atoms with Gasteiger partial charge >= 0.3 is 5.97 Å². The molecule has 7 nitrogen and oxygen atoms in total. The summed E-state index contributed by atoms with van der Waals surface area (Å²) in [6.07, 6.45) is 3.42. The van der Waals surface area contributed by atoms with Gasteiger partial charge < -0.3 is 14.8 Å². The molecule has 2 aromatic carbocycles. The molecule has 1 aromatic heterocycles. The molecule has 1 heterocycles. The predicted octanol–water partition coefficient (Wildman–Crippen LogP) is 3.62. The predicted molar refractivity (Wildman–Crippen MR) is 114 cm³/mol. The number of ether oxygens (including phenoxy) is 2. The molecule has 0 unspecified atom stereocenters. The van der Waals surface area contributed by atoms with Gasteiger partial charge in [-0.25, -0.2) is 4.68 Å². The fourth-order valence-electron chi connectivity index (χ4n) is 3.01. The third-order valence-electron chi connectivity index (χ3n) is 4.66. The molecule has 3 aromatic rings. The van der Waals surface area contributed by atoms with Gasteiger partial charge in [0.2, 0.25) is 0 Å². The van der Waals surface area contributed by atoms with Crippen LogP contribution >= 0.6 is 0 Å². The standard InChI is InChI=1S/C23H25N3O4/c1-29-19-13-11-17(12-14-19)22-20(16-26(25-22)18-8-4-3-5-9-18)23(28)24-15-7-6-10-21(27)30-2/h3-5,8-9,11-14,16H,6-7,10,15H2,1-2H3,(H,24,28). The number of para-hydroxylation sites is 1. The summed E-state index contributed by atoms with van der Waals surface area (Å²) in [5.41, 5.74) is 2.76. The quantitative estimate of drug-likeness (QED) is 0.433. The highest BCUT2D eigenvalue weighted by atomic mass is 16.5. The van der Waals surface area contributed by atoms with Crippen molar-refractivity contribution in [3.63, 3.8) is 0 Å². The minimum atomic E-state index is -0.243. The summed E-state index contributed by atoms with van der Waals surface area (Å²) in [7, 11) is 2.98. The van der Waals surface area contributed by atoms with E-state index in [0.29, 0.717) is 37.1 Å². The second-order valence-electron chi connectivity index (χ2n) is 6.69. The minimum absolute atomic E-state index is 0.207. The molecule has 1 amide bonds. The lowest BCUT2D eigenvalue weighted by atomic mass is 10.1. The Balaban J connectivity index is 1.79. The van der Waals surface area contributed by atoms with Crippen LogP contribution in [0.1, 0.15) is 29.6 Å². The third-order valence-corrected chi connectivity index (χ3v) is 4.66. The molecule has 0 aliphatic rings. The maximum Gasteiger partial charge on any atom is 0.305 e. The van der Waals surface area contributed by atoms with Gasteiger partial charge in [-0.3, -0.25) is 9.59 Å². The van der Waals surface area contributed by atoms with E-state index in [-0.39, 0.29) is 11.9 Å². The number of hydrogen-bond donors (Lipinski definition) is 1. The Bertz CT molecular complexity index is 981. The fraction of sp³-hybridized carbons (Fsp3) is 0.261. The lowest BCUT2D eigenvalue weighted by molar-refractivity contribution is -0.140. The number of carbonyl (C=O) groups excluding carboxylic acids is 2. The summed E-state index contributed by atoms with van der Waals surface area (Å²) in [6, 6.07) is 17.1. The molecule has 0 bridgehead atoms. The Morgan fingerprint density at radius 1 is 1.00 bits per heavy atom. The first-order chi connectivity index (χ1) is 14.6. The molecule has 0 aliphatic carbocycles. The van der Waals surface area contributed by atoms with Crippen LogP contribution in [0.5, 0.6) is 5.75 Å². The average molecular weight is 407 g/mol. The van der Waals surface area contributed by atoms with Gasteiger partial charge in [0.05, 0.1) is 25.5 Å². The molecule has 0 aliphatic heterocycles. The Morgan fingerprint density at radius 2 is 1.73 bits per heavy atom. The lowest BCUT2D eigenvalue weighted by Crippen LogP contribution is -2.24. The molecular formula is C23H25N3O4. The lowest BCUT2D eigenvalue weighted by Gasteiger charge is -2.06. The second-order valence-corrected chi connectivity index (χ2v) is 6.69. The van der Waals surface area contributed by atoms with Gasteiger partial charge in [-0.15, -0.1) is 0 Å². The monoisotopic (exact) mass is 407 g/mol. The van der Waals surface area contributed by atoms with Crippen molar-refractivity contribution < 1.29 is 19.1 Å². The highest BCUT2D eigenvalue weighted by Gasteiger charge is 2.18. The van der Waals surface area contributed by atoms with Crippen LogP contribution in [0.2, 0.25) is 0 Å². The normalized spacial score (nSPS) is 10.5. The maximum atomic E-state index is 12.9. The fourth-order valence-corrected chi connectivity index (χ4v) is 3.01. The van der Waals surface area contributed by atoms with E-state index in [4.69, 9.17) is 4.74 Å². The first-order valence-electron chi connectivity index (χ1n) is 9.77. The van der Waals surface area contributed by atoms with E-state index in [1.165, 1.54) is 7.11 Å². The summed E-state index contributed by atoms with van der Waals surface area (Å²) in [4.78, 5) is 24.1. The van der Waals surface area contributed by atoms with Crippen LogP contribution < -0.4 is 10.1 Å². The molecule has 0 saturated carbocycles. The van der Waals surface area contributed by atoms with Crippen molar-refractivity contribution in [1.82, 2.24) is 15.1 Å². The summed E-state index contributed by atoms with van der Waals surface area (Å²) >= 11 is 0. The smallest absolute Gasteiger partial charge is 0.305 e. The summed E-state index contributed by atoms with van der Waals surface area (Å²) in [5, 5.41) is 7.58. The largest absolute Gasteiger partial charge is 0.497 e. The van der Waals surface area contributed by atoms with Crippen LogP contribution in [0, 0.1) is 0 Å². The third kappa shape index (κ3) is 5.26. The van der Waals surface area contributed by atoms with Gasteiger partial charge in [0.25, 0.3) is 5.91 Å².